The van der Waals surface area contributed by atoms with E-state index in [1.165, 1.54) is 6.20 Å². The highest BCUT2D eigenvalue weighted by molar-refractivity contribution is 9.10. The Morgan fingerprint density at radius 3 is 2.00 bits per heavy atom. The number of aromatic nitrogens is 4. The van der Waals surface area contributed by atoms with Crippen LogP contribution in [0, 0.1) is 0 Å². The molecule has 0 saturated heterocycles. The summed E-state index contributed by atoms with van der Waals surface area (Å²) in [7, 11) is 3.20. The van der Waals surface area contributed by atoms with Gasteiger partial charge in [-0.05, 0) is 39.7 Å². The molecule has 0 aliphatic carbocycles. The summed E-state index contributed by atoms with van der Waals surface area (Å²) >= 11 is 3.43. The van der Waals surface area contributed by atoms with Crippen LogP contribution in [0.15, 0.2) is 35.1 Å². The fourth-order valence-electron chi connectivity index (χ4n) is 2.20. The van der Waals surface area contributed by atoms with Crippen molar-refractivity contribution in [2.75, 3.05) is 37.2 Å². The summed E-state index contributed by atoms with van der Waals surface area (Å²) in [5.74, 6) is 2.53. The number of methoxy groups -OCH3 is 2. The molecule has 148 valence electrons. The Morgan fingerprint density at radius 2 is 1.54 bits per heavy atom. The van der Waals surface area contributed by atoms with Crippen molar-refractivity contribution < 1.29 is 9.47 Å². The summed E-state index contributed by atoms with van der Waals surface area (Å²) in [6.07, 6.45) is 3.70. The van der Waals surface area contributed by atoms with E-state index in [1.54, 1.807) is 26.5 Å². The second kappa shape index (κ2) is 9.55. The fourth-order valence-corrected chi connectivity index (χ4v) is 2.76. The second-order valence-electron chi connectivity index (χ2n) is 5.47. The van der Waals surface area contributed by atoms with E-state index in [2.05, 4.69) is 35.9 Å². The van der Waals surface area contributed by atoms with Gasteiger partial charge in [0, 0.05) is 24.4 Å². The molecule has 0 fully saturated rings. The molecule has 10 nitrogen and oxygen atoms in total. The maximum Gasteiger partial charge on any atom is 0.221 e. The van der Waals surface area contributed by atoms with Gasteiger partial charge in [0.1, 0.15) is 27.6 Å². The van der Waals surface area contributed by atoms with Crippen molar-refractivity contribution in [2.24, 2.45) is 0 Å². The molecule has 0 unspecified atom stereocenters. The van der Waals surface area contributed by atoms with Crippen LogP contribution in [-0.2, 0) is 6.42 Å². The molecular formula is C17H21BrN8O2. The first-order valence-corrected chi connectivity index (χ1v) is 8.74. The van der Waals surface area contributed by atoms with Crippen molar-refractivity contribution >= 4 is 39.5 Å². The van der Waals surface area contributed by atoms with Crippen LogP contribution in [0.2, 0.25) is 0 Å². The zero-order valence-corrected chi connectivity index (χ0v) is 17.0. The van der Waals surface area contributed by atoms with Crippen molar-refractivity contribution in [1.29, 1.82) is 0 Å². The van der Waals surface area contributed by atoms with Gasteiger partial charge < -0.3 is 32.4 Å². The van der Waals surface area contributed by atoms with Crippen molar-refractivity contribution in [1.82, 2.24) is 19.9 Å². The van der Waals surface area contributed by atoms with E-state index >= 15 is 0 Å². The maximum atomic E-state index is 5.84. The molecule has 2 aromatic heterocycles. The minimum atomic E-state index is 0.164. The lowest BCUT2D eigenvalue weighted by molar-refractivity contribution is 0.388. The molecule has 8 N–H and O–H groups in total. The fraction of sp³-hybridized carbons (Fsp3) is 0.176. The van der Waals surface area contributed by atoms with Crippen LogP contribution in [-0.4, -0.2) is 34.2 Å². The third kappa shape index (κ3) is 5.58. The first-order chi connectivity index (χ1) is 13.3. The molecule has 0 atom stereocenters. The predicted octanol–water partition coefficient (Wildman–Crippen LogP) is 1.65. The highest BCUT2D eigenvalue weighted by atomic mass is 79.9. The third-order valence-electron chi connectivity index (χ3n) is 3.51. The summed E-state index contributed by atoms with van der Waals surface area (Å²) in [6.45, 7) is 0. The molecule has 3 rings (SSSR count). The minimum Gasteiger partial charge on any atom is -0.495 e. The predicted molar refractivity (Wildman–Crippen MR) is 112 cm³/mol. The van der Waals surface area contributed by atoms with Crippen LogP contribution in [0.3, 0.4) is 0 Å². The number of nitrogen functional groups attached to an aromatic ring is 4. The van der Waals surface area contributed by atoms with Crippen molar-refractivity contribution in [2.45, 2.75) is 6.42 Å². The molecule has 0 amide bonds. The third-order valence-corrected chi connectivity index (χ3v) is 4.29. The lowest BCUT2D eigenvalue weighted by atomic mass is 10.1. The van der Waals surface area contributed by atoms with E-state index in [-0.39, 0.29) is 11.9 Å². The van der Waals surface area contributed by atoms with Crippen molar-refractivity contribution in [3.05, 3.63) is 46.2 Å². The highest BCUT2D eigenvalue weighted by Gasteiger charge is 2.12. The van der Waals surface area contributed by atoms with E-state index in [1.807, 2.05) is 12.1 Å². The van der Waals surface area contributed by atoms with Crippen LogP contribution in [0.25, 0.3) is 0 Å². The molecule has 0 aliphatic rings. The first kappa shape index (κ1) is 21.0. The number of nitrogens with zero attached hydrogens (tertiary/aromatic N) is 4. The largest absolute Gasteiger partial charge is 0.495 e. The number of ether oxygens (including phenoxy) is 2. The van der Waals surface area contributed by atoms with Gasteiger partial charge in [0.25, 0.3) is 0 Å². The lowest BCUT2D eigenvalue weighted by Crippen LogP contribution is -2.04. The van der Waals surface area contributed by atoms with Crippen molar-refractivity contribution in [3.63, 3.8) is 0 Å². The molecule has 28 heavy (non-hydrogen) atoms. The Kier molecular flexibility index (Phi) is 7.15. The molecule has 0 spiro atoms. The van der Waals surface area contributed by atoms with E-state index in [4.69, 9.17) is 32.4 Å². The zero-order chi connectivity index (χ0) is 20.7. The van der Waals surface area contributed by atoms with Gasteiger partial charge in [-0.15, -0.1) is 0 Å². The molecule has 3 aromatic rings. The first-order valence-electron chi connectivity index (χ1n) is 7.95. The highest BCUT2D eigenvalue weighted by Crippen LogP contribution is 2.36. The van der Waals surface area contributed by atoms with Gasteiger partial charge in [-0.3, -0.25) is 0 Å². The summed E-state index contributed by atoms with van der Waals surface area (Å²) in [6, 6.07) is 5.39. The Morgan fingerprint density at radius 1 is 0.929 bits per heavy atom. The zero-order valence-electron chi connectivity index (χ0n) is 15.4. The Bertz CT molecular complexity index is 912. The van der Waals surface area contributed by atoms with Gasteiger partial charge in [0.05, 0.1) is 14.2 Å². The number of halogens is 1. The average Bonchev–Trinajstić information content (AvgIpc) is 2.65. The maximum absolute atomic E-state index is 5.84. The quantitative estimate of drug-likeness (QED) is 0.458. The van der Waals surface area contributed by atoms with Gasteiger partial charge >= 0.3 is 0 Å². The molecular weight excluding hydrogens is 428 g/mol. The summed E-state index contributed by atoms with van der Waals surface area (Å²) in [4.78, 5) is 15.1. The monoisotopic (exact) mass is 448 g/mol. The number of benzene rings is 1. The average molecular weight is 449 g/mol. The van der Waals surface area contributed by atoms with Crippen molar-refractivity contribution in [3.8, 4) is 11.5 Å². The SMILES string of the molecule is COc1cc(Cc2cnc(N)nc2N)cc(OC)c1Br.Nc1ccnc(N)n1. The van der Waals surface area contributed by atoms with Gasteiger partial charge in [-0.1, -0.05) is 0 Å². The minimum absolute atomic E-state index is 0.164. The molecule has 0 aliphatic heterocycles. The molecule has 0 saturated carbocycles. The van der Waals surface area contributed by atoms with Crippen LogP contribution in [0.1, 0.15) is 11.1 Å². The van der Waals surface area contributed by atoms with Gasteiger partial charge in [0.15, 0.2) is 0 Å². The molecule has 0 bridgehead atoms. The summed E-state index contributed by atoms with van der Waals surface area (Å²) < 4.78 is 11.4. The lowest BCUT2D eigenvalue weighted by Gasteiger charge is -2.12. The summed E-state index contributed by atoms with van der Waals surface area (Å²) in [5, 5.41) is 0. The number of rotatable bonds is 4. The van der Waals surface area contributed by atoms with Gasteiger partial charge in [-0.2, -0.15) is 9.97 Å². The molecule has 11 heteroatoms. The van der Waals surface area contributed by atoms with E-state index in [0.29, 0.717) is 29.6 Å². The Balaban J connectivity index is 0.000000292. The van der Waals surface area contributed by atoms with E-state index in [9.17, 15) is 0 Å². The Hall–Kier alpha value is -3.34. The van der Waals surface area contributed by atoms with Crippen LogP contribution >= 0.6 is 15.9 Å². The molecule has 2 heterocycles. The van der Waals surface area contributed by atoms with Crippen LogP contribution in [0.5, 0.6) is 11.5 Å². The standard InChI is InChI=1S/C13H15BrN4O2.C4H6N4/c1-19-9-4-7(5-10(20-2)11(9)14)3-8-6-17-13(16)18-12(8)15;5-3-1-2-7-4(6)8-3/h4-6H,3H2,1-2H3,(H4,15,16,17,18);1-2H,(H4,5,6,7,8). The van der Waals surface area contributed by atoms with Gasteiger partial charge in [0.2, 0.25) is 11.9 Å². The number of anilines is 4. The molecule has 0 radical (unpaired) electrons. The van der Waals surface area contributed by atoms with Crippen LogP contribution in [0.4, 0.5) is 23.5 Å². The Labute approximate surface area is 170 Å². The second-order valence-corrected chi connectivity index (χ2v) is 6.26. The van der Waals surface area contributed by atoms with Crippen LogP contribution < -0.4 is 32.4 Å². The normalized spacial score (nSPS) is 9.96. The summed E-state index contributed by atoms with van der Waals surface area (Å²) in [5.41, 5.74) is 23.5. The number of hydrogen-bond acceptors (Lipinski definition) is 10. The number of hydrogen-bond donors (Lipinski definition) is 4. The van der Waals surface area contributed by atoms with E-state index in [0.717, 1.165) is 15.6 Å². The topological polar surface area (TPSA) is 174 Å². The molecule has 1 aromatic carbocycles. The number of nitrogens with two attached hydrogens (primary N) is 4. The van der Waals surface area contributed by atoms with E-state index < -0.39 is 0 Å². The van der Waals surface area contributed by atoms with Gasteiger partial charge in [-0.25, -0.2) is 9.97 Å². The smallest absolute Gasteiger partial charge is 0.221 e.